The van der Waals surface area contributed by atoms with Crippen LogP contribution in [0.1, 0.15) is 13.3 Å². The number of fused-ring (bicyclic) bond motifs is 1. The maximum Gasteiger partial charge on any atom is 0.162 e. The highest BCUT2D eigenvalue weighted by Gasteiger charge is 2.53. The normalized spacial score (nSPS) is 40.5. The molecule has 2 heterocycles. The second-order valence-electron chi connectivity index (χ2n) is 2.79. The number of hydrogen-bond donors (Lipinski definition) is 0. The third-order valence-electron chi connectivity index (χ3n) is 2.18. The first-order valence-electron chi connectivity index (χ1n) is 3.66. The van der Waals surface area contributed by atoms with Gasteiger partial charge in [0.05, 0.1) is 6.17 Å². The van der Waals surface area contributed by atoms with Gasteiger partial charge < -0.3 is 0 Å². The SMILES string of the molecule is CCC1N2CN([N+](=O)[O-])CN12. The van der Waals surface area contributed by atoms with Crippen molar-refractivity contribution in [3.63, 3.8) is 0 Å². The van der Waals surface area contributed by atoms with Gasteiger partial charge in [-0.3, -0.25) is 0 Å². The first-order chi connectivity index (χ1) is 5.24. The fourth-order valence-corrected chi connectivity index (χ4v) is 1.55. The first kappa shape index (κ1) is 6.81. The van der Waals surface area contributed by atoms with Crippen LogP contribution in [0.5, 0.6) is 0 Å². The molecule has 0 aromatic carbocycles. The lowest BCUT2D eigenvalue weighted by molar-refractivity contribution is -0.655. The Hall–Kier alpha value is -0.880. The molecule has 6 heteroatoms. The highest BCUT2D eigenvalue weighted by Crippen LogP contribution is 2.33. The molecule has 0 aromatic rings. The molecule has 2 unspecified atom stereocenters. The molecule has 0 saturated carbocycles. The molecule has 0 N–H and O–H groups in total. The van der Waals surface area contributed by atoms with Crippen molar-refractivity contribution in [3.05, 3.63) is 10.1 Å². The van der Waals surface area contributed by atoms with Crippen molar-refractivity contribution in [1.82, 2.24) is 15.0 Å². The molecule has 0 spiro atoms. The van der Waals surface area contributed by atoms with E-state index in [-0.39, 0.29) is 5.03 Å². The Kier molecular flexibility index (Phi) is 1.27. The topological polar surface area (TPSA) is 52.4 Å². The van der Waals surface area contributed by atoms with E-state index in [0.717, 1.165) is 6.42 Å². The molecule has 2 atom stereocenters. The van der Waals surface area contributed by atoms with Crippen LogP contribution in [0.2, 0.25) is 0 Å². The van der Waals surface area contributed by atoms with Crippen LogP contribution in [0.15, 0.2) is 0 Å². The number of nitro groups is 1. The van der Waals surface area contributed by atoms with E-state index in [9.17, 15) is 10.1 Å². The van der Waals surface area contributed by atoms with Crippen LogP contribution in [0.25, 0.3) is 0 Å². The van der Waals surface area contributed by atoms with Gasteiger partial charge in [0, 0.05) is 0 Å². The average molecular weight is 158 g/mol. The Bertz CT molecular complexity index is 185. The van der Waals surface area contributed by atoms with E-state index >= 15 is 0 Å². The van der Waals surface area contributed by atoms with Gasteiger partial charge in [-0.25, -0.2) is 10.1 Å². The summed E-state index contributed by atoms with van der Waals surface area (Å²) in [6.45, 7) is 2.98. The van der Waals surface area contributed by atoms with Crippen LogP contribution in [-0.4, -0.2) is 39.6 Å². The second kappa shape index (κ2) is 2.05. The van der Waals surface area contributed by atoms with E-state index in [0.29, 0.717) is 19.5 Å². The van der Waals surface area contributed by atoms with Gasteiger partial charge in [-0.2, -0.15) is 10.0 Å². The summed E-state index contributed by atoms with van der Waals surface area (Å²) >= 11 is 0. The fourth-order valence-electron chi connectivity index (χ4n) is 1.55. The Morgan fingerprint density at radius 3 is 2.45 bits per heavy atom. The lowest BCUT2D eigenvalue weighted by atomic mass is 10.4. The average Bonchev–Trinajstić information content (AvgIpc) is 2.41. The molecule has 0 bridgehead atoms. The van der Waals surface area contributed by atoms with Crippen molar-refractivity contribution in [2.45, 2.75) is 19.5 Å². The summed E-state index contributed by atoms with van der Waals surface area (Å²) in [5, 5.41) is 15.1. The van der Waals surface area contributed by atoms with Crippen LogP contribution in [0, 0.1) is 10.1 Å². The quantitative estimate of drug-likeness (QED) is 0.313. The van der Waals surface area contributed by atoms with Gasteiger partial charge in [-0.1, -0.05) is 11.9 Å². The van der Waals surface area contributed by atoms with E-state index in [1.54, 1.807) is 0 Å². The van der Waals surface area contributed by atoms with Gasteiger partial charge in [0.15, 0.2) is 5.03 Å². The Morgan fingerprint density at radius 2 is 2.09 bits per heavy atom. The number of hydrazine groups is 2. The molecular weight excluding hydrogens is 148 g/mol. The van der Waals surface area contributed by atoms with E-state index < -0.39 is 0 Å². The van der Waals surface area contributed by atoms with Gasteiger partial charge in [-0.05, 0) is 6.42 Å². The van der Waals surface area contributed by atoms with Crippen LogP contribution < -0.4 is 0 Å². The molecule has 6 nitrogen and oxygen atoms in total. The molecule has 11 heavy (non-hydrogen) atoms. The predicted octanol–water partition coefficient (Wildman–Crippen LogP) is -0.323. The molecule has 0 aliphatic carbocycles. The molecule has 2 aliphatic heterocycles. The molecule has 62 valence electrons. The minimum absolute atomic E-state index is 0.348. The second-order valence-corrected chi connectivity index (χ2v) is 2.79. The Balaban J connectivity index is 1.89. The Morgan fingerprint density at radius 1 is 1.55 bits per heavy atom. The smallest absolute Gasteiger partial charge is 0.162 e. The summed E-state index contributed by atoms with van der Waals surface area (Å²) in [7, 11) is 0. The first-order valence-corrected chi connectivity index (χ1v) is 3.66. The predicted molar refractivity (Wildman–Crippen MR) is 36.3 cm³/mol. The summed E-state index contributed by atoms with van der Waals surface area (Å²) in [4.78, 5) is 10.2. The van der Waals surface area contributed by atoms with Crippen LogP contribution in [0.3, 0.4) is 0 Å². The summed E-state index contributed by atoms with van der Waals surface area (Å²) in [5.74, 6) is 0. The van der Waals surface area contributed by atoms with Crippen molar-refractivity contribution in [2.75, 3.05) is 13.3 Å². The summed E-state index contributed by atoms with van der Waals surface area (Å²) in [5.41, 5.74) is 0. The number of hydrogen-bond acceptors (Lipinski definition) is 4. The molecule has 0 aromatic heterocycles. The summed E-state index contributed by atoms with van der Waals surface area (Å²) in [6.07, 6.45) is 1.51. The van der Waals surface area contributed by atoms with Gasteiger partial charge >= 0.3 is 0 Å². The van der Waals surface area contributed by atoms with E-state index in [1.165, 1.54) is 5.01 Å². The highest BCUT2D eigenvalue weighted by molar-refractivity contribution is 4.84. The minimum atomic E-state index is -0.348. The Labute approximate surface area is 64.1 Å². The van der Waals surface area contributed by atoms with Crippen molar-refractivity contribution in [2.24, 2.45) is 0 Å². The lowest BCUT2D eigenvalue weighted by Gasteiger charge is -2.07. The van der Waals surface area contributed by atoms with Gasteiger partial charge in [0.2, 0.25) is 0 Å². The molecule has 2 fully saturated rings. The maximum atomic E-state index is 10.2. The van der Waals surface area contributed by atoms with Crippen LogP contribution in [-0.2, 0) is 0 Å². The monoisotopic (exact) mass is 158 g/mol. The third kappa shape index (κ3) is 0.865. The van der Waals surface area contributed by atoms with Gasteiger partial charge in [-0.15, -0.1) is 0 Å². The molecule has 2 aliphatic rings. The molecule has 2 saturated heterocycles. The standard InChI is InChI=1S/C5H10N4O2/c1-2-5-7-3-6(9(10)11)4-8(5)7/h5H,2-4H2,1H3. The van der Waals surface area contributed by atoms with E-state index in [1.807, 2.05) is 10.0 Å². The zero-order valence-corrected chi connectivity index (χ0v) is 6.30. The van der Waals surface area contributed by atoms with Crippen molar-refractivity contribution >= 4 is 0 Å². The van der Waals surface area contributed by atoms with E-state index in [2.05, 4.69) is 6.92 Å². The largest absolute Gasteiger partial charge is 0.235 e. The van der Waals surface area contributed by atoms with Crippen LogP contribution >= 0.6 is 0 Å². The van der Waals surface area contributed by atoms with Crippen molar-refractivity contribution in [1.29, 1.82) is 0 Å². The zero-order valence-electron chi connectivity index (χ0n) is 6.30. The zero-order chi connectivity index (χ0) is 8.01. The fraction of sp³-hybridized carbons (Fsp3) is 1.00. The maximum absolute atomic E-state index is 10.2. The molecular formula is C5H10N4O2. The van der Waals surface area contributed by atoms with Gasteiger partial charge in [0.1, 0.15) is 13.3 Å². The van der Waals surface area contributed by atoms with E-state index in [4.69, 9.17) is 0 Å². The summed E-state index contributed by atoms with van der Waals surface area (Å²) < 4.78 is 0. The number of rotatable bonds is 2. The minimum Gasteiger partial charge on any atom is -0.235 e. The molecule has 0 radical (unpaired) electrons. The molecule has 2 rings (SSSR count). The number of nitrogens with zero attached hydrogens (tertiary/aromatic N) is 4. The molecule has 0 amide bonds. The summed E-state index contributed by atoms with van der Waals surface area (Å²) in [6, 6.07) is 0. The lowest BCUT2D eigenvalue weighted by Crippen LogP contribution is -2.33. The third-order valence-corrected chi connectivity index (χ3v) is 2.18. The van der Waals surface area contributed by atoms with Crippen molar-refractivity contribution < 1.29 is 5.03 Å². The van der Waals surface area contributed by atoms with Crippen LogP contribution in [0.4, 0.5) is 0 Å². The van der Waals surface area contributed by atoms with Crippen molar-refractivity contribution in [3.8, 4) is 0 Å². The van der Waals surface area contributed by atoms with Gasteiger partial charge in [0.25, 0.3) is 0 Å². The highest BCUT2D eigenvalue weighted by atomic mass is 16.7.